The summed E-state index contributed by atoms with van der Waals surface area (Å²) in [4.78, 5) is 0. The predicted molar refractivity (Wildman–Crippen MR) is 58.2 cm³/mol. The highest BCUT2D eigenvalue weighted by molar-refractivity contribution is 9.10. The van der Waals surface area contributed by atoms with E-state index in [2.05, 4.69) is 27.3 Å². The van der Waals surface area contributed by atoms with E-state index in [0.717, 1.165) is 23.6 Å². The molecule has 1 atom stereocenters. The fraction of sp³-hybridized carbons (Fsp3) is 0.636. The first kappa shape index (κ1) is 8.98. The van der Waals surface area contributed by atoms with Crippen LogP contribution in [0.15, 0.2) is 15.2 Å². The lowest BCUT2D eigenvalue weighted by atomic mass is 10.0. The van der Waals surface area contributed by atoms with Crippen LogP contribution in [0.4, 0.5) is 0 Å². The first-order valence-electron chi connectivity index (χ1n) is 5.36. The molecule has 3 rings (SSSR count). The maximum absolute atomic E-state index is 5.67. The van der Waals surface area contributed by atoms with Crippen molar-refractivity contribution in [2.24, 2.45) is 5.92 Å². The van der Waals surface area contributed by atoms with E-state index in [0.29, 0.717) is 6.04 Å². The van der Waals surface area contributed by atoms with E-state index in [9.17, 15) is 0 Å². The molecule has 0 spiro atoms. The summed E-state index contributed by atoms with van der Waals surface area (Å²) in [5.41, 5.74) is 1.40. The normalized spacial score (nSPS) is 27.1. The number of furan rings is 1. The lowest BCUT2D eigenvalue weighted by molar-refractivity contribution is 0.480. The van der Waals surface area contributed by atoms with Crippen LogP contribution in [0.1, 0.15) is 36.6 Å². The smallest absolute Gasteiger partial charge is 0.169 e. The zero-order valence-corrected chi connectivity index (χ0v) is 9.64. The molecule has 3 heteroatoms. The molecular weight excluding hydrogens is 242 g/mol. The molecule has 14 heavy (non-hydrogen) atoms. The minimum absolute atomic E-state index is 0.558. The molecule has 0 aromatic carbocycles. The summed E-state index contributed by atoms with van der Waals surface area (Å²) >= 11 is 3.42. The van der Waals surface area contributed by atoms with Crippen molar-refractivity contribution in [3.05, 3.63) is 22.1 Å². The summed E-state index contributed by atoms with van der Waals surface area (Å²) in [6.45, 7) is 1.13. The predicted octanol–water partition coefficient (Wildman–Crippen LogP) is 3.03. The van der Waals surface area contributed by atoms with Crippen molar-refractivity contribution in [1.82, 2.24) is 5.32 Å². The van der Waals surface area contributed by atoms with Gasteiger partial charge in [0.2, 0.25) is 0 Å². The van der Waals surface area contributed by atoms with Gasteiger partial charge in [-0.1, -0.05) is 0 Å². The summed E-state index contributed by atoms with van der Waals surface area (Å²) in [6, 6.07) is 2.71. The first-order chi connectivity index (χ1) is 6.84. The number of hydrogen-bond donors (Lipinski definition) is 1. The number of aryl methyl sites for hydroxylation is 1. The van der Waals surface area contributed by atoms with Gasteiger partial charge in [-0.3, -0.25) is 0 Å². The topological polar surface area (TPSA) is 25.2 Å². The fourth-order valence-electron chi connectivity index (χ4n) is 2.33. The summed E-state index contributed by atoms with van der Waals surface area (Å²) < 4.78 is 6.56. The number of halogens is 1. The Hall–Kier alpha value is -0.280. The minimum Gasteiger partial charge on any atom is -0.454 e. The van der Waals surface area contributed by atoms with E-state index >= 15 is 0 Å². The van der Waals surface area contributed by atoms with Crippen LogP contribution in [-0.4, -0.2) is 6.54 Å². The standard InChI is InChI=1S/C11H14BrNO/c12-10-6-8-9(14-10)2-1-5-13-11(8)7-3-4-7/h6-7,11,13H,1-5H2. The average molecular weight is 256 g/mol. The maximum Gasteiger partial charge on any atom is 0.169 e. The summed E-state index contributed by atoms with van der Waals surface area (Å²) in [6.07, 6.45) is 5.02. The van der Waals surface area contributed by atoms with Crippen LogP contribution < -0.4 is 5.32 Å². The molecule has 1 aromatic heterocycles. The summed E-state index contributed by atoms with van der Waals surface area (Å²) in [5, 5.41) is 3.63. The third-order valence-corrected chi connectivity index (χ3v) is 3.58. The molecule has 2 heterocycles. The Morgan fingerprint density at radius 3 is 3.07 bits per heavy atom. The lowest BCUT2D eigenvalue weighted by Crippen LogP contribution is -2.22. The Morgan fingerprint density at radius 1 is 1.43 bits per heavy atom. The average Bonchev–Trinajstić information content (AvgIpc) is 2.92. The van der Waals surface area contributed by atoms with Crippen molar-refractivity contribution in [2.45, 2.75) is 31.7 Å². The molecule has 0 radical (unpaired) electrons. The Bertz CT molecular complexity index is 343. The highest BCUT2D eigenvalue weighted by Crippen LogP contribution is 2.44. The molecular formula is C11H14BrNO. The molecule has 1 aromatic rings. The van der Waals surface area contributed by atoms with Gasteiger partial charge in [-0.25, -0.2) is 0 Å². The van der Waals surface area contributed by atoms with Gasteiger partial charge in [0.25, 0.3) is 0 Å². The Balaban J connectivity index is 1.98. The van der Waals surface area contributed by atoms with Crippen molar-refractivity contribution in [3.63, 3.8) is 0 Å². The molecule has 1 N–H and O–H groups in total. The molecule has 0 amide bonds. The molecule has 0 bridgehead atoms. The van der Waals surface area contributed by atoms with Gasteiger partial charge >= 0.3 is 0 Å². The van der Waals surface area contributed by atoms with E-state index in [-0.39, 0.29) is 0 Å². The van der Waals surface area contributed by atoms with Gasteiger partial charge in [0.15, 0.2) is 4.67 Å². The third-order valence-electron chi connectivity index (χ3n) is 3.18. The molecule has 2 aliphatic rings. The molecule has 1 aliphatic carbocycles. The second-order valence-electron chi connectivity index (χ2n) is 4.30. The second-order valence-corrected chi connectivity index (χ2v) is 5.08. The monoisotopic (exact) mass is 255 g/mol. The fourth-order valence-corrected chi connectivity index (χ4v) is 2.78. The molecule has 1 unspecified atom stereocenters. The molecule has 1 saturated carbocycles. The van der Waals surface area contributed by atoms with Crippen LogP contribution >= 0.6 is 15.9 Å². The first-order valence-corrected chi connectivity index (χ1v) is 6.15. The van der Waals surface area contributed by atoms with Crippen molar-refractivity contribution in [2.75, 3.05) is 6.54 Å². The van der Waals surface area contributed by atoms with E-state index in [1.54, 1.807) is 0 Å². The largest absolute Gasteiger partial charge is 0.454 e. The van der Waals surface area contributed by atoms with E-state index < -0.39 is 0 Å². The second kappa shape index (κ2) is 3.38. The highest BCUT2D eigenvalue weighted by atomic mass is 79.9. The minimum atomic E-state index is 0.558. The SMILES string of the molecule is Brc1cc2c(o1)CCCNC2C1CC1. The van der Waals surface area contributed by atoms with Crippen molar-refractivity contribution in [1.29, 1.82) is 0 Å². The van der Waals surface area contributed by atoms with E-state index in [1.165, 1.54) is 30.6 Å². The van der Waals surface area contributed by atoms with Crippen LogP contribution in [0.2, 0.25) is 0 Å². The van der Waals surface area contributed by atoms with Crippen LogP contribution in [-0.2, 0) is 6.42 Å². The van der Waals surface area contributed by atoms with Crippen molar-refractivity contribution < 1.29 is 4.42 Å². The van der Waals surface area contributed by atoms with Crippen molar-refractivity contribution >= 4 is 15.9 Å². The van der Waals surface area contributed by atoms with Crippen LogP contribution in [0.3, 0.4) is 0 Å². The Labute approximate surface area is 92.2 Å². The molecule has 76 valence electrons. The Kier molecular flexibility index (Phi) is 2.17. The van der Waals surface area contributed by atoms with Crippen LogP contribution in [0, 0.1) is 5.92 Å². The maximum atomic E-state index is 5.67. The zero-order valence-electron chi connectivity index (χ0n) is 8.05. The third kappa shape index (κ3) is 1.52. The Morgan fingerprint density at radius 2 is 2.29 bits per heavy atom. The molecule has 0 saturated heterocycles. The molecule has 1 aliphatic heterocycles. The van der Waals surface area contributed by atoms with Crippen molar-refractivity contribution in [3.8, 4) is 0 Å². The number of rotatable bonds is 1. The highest BCUT2D eigenvalue weighted by Gasteiger charge is 2.35. The van der Waals surface area contributed by atoms with Gasteiger partial charge < -0.3 is 9.73 Å². The van der Waals surface area contributed by atoms with Gasteiger partial charge in [-0.2, -0.15) is 0 Å². The number of hydrogen-bond acceptors (Lipinski definition) is 2. The molecule has 2 nitrogen and oxygen atoms in total. The molecule has 1 fully saturated rings. The van der Waals surface area contributed by atoms with Gasteiger partial charge in [0.1, 0.15) is 5.76 Å². The quantitative estimate of drug-likeness (QED) is 0.835. The number of fused-ring (bicyclic) bond motifs is 1. The van der Waals surface area contributed by atoms with E-state index in [4.69, 9.17) is 4.42 Å². The van der Waals surface area contributed by atoms with E-state index in [1.807, 2.05) is 0 Å². The summed E-state index contributed by atoms with van der Waals surface area (Å²) in [7, 11) is 0. The number of nitrogens with one attached hydrogen (secondary N) is 1. The van der Waals surface area contributed by atoms with Gasteiger partial charge in [-0.05, 0) is 53.7 Å². The zero-order chi connectivity index (χ0) is 9.54. The van der Waals surface area contributed by atoms with Gasteiger partial charge in [-0.15, -0.1) is 0 Å². The van der Waals surface area contributed by atoms with Gasteiger partial charge in [0.05, 0.1) is 0 Å². The lowest BCUT2D eigenvalue weighted by Gasteiger charge is -2.14. The summed E-state index contributed by atoms with van der Waals surface area (Å²) in [5.74, 6) is 2.05. The van der Waals surface area contributed by atoms with Crippen LogP contribution in [0.25, 0.3) is 0 Å². The van der Waals surface area contributed by atoms with Crippen LogP contribution in [0.5, 0.6) is 0 Å². The van der Waals surface area contributed by atoms with Gasteiger partial charge in [0, 0.05) is 18.0 Å².